The van der Waals surface area contributed by atoms with Crippen LogP contribution in [-0.4, -0.2) is 54.2 Å². The number of rotatable bonds is 7. The van der Waals surface area contributed by atoms with E-state index < -0.39 is 5.97 Å². The van der Waals surface area contributed by atoms with Crippen molar-refractivity contribution < 1.29 is 14.3 Å². The molecule has 3 rings (SSSR count). The summed E-state index contributed by atoms with van der Waals surface area (Å²) in [5, 5.41) is 3.43. The third-order valence-corrected chi connectivity index (χ3v) is 4.47. The van der Waals surface area contributed by atoms with E-state index in [0.717, 1.165) is 37.6 Å². The minimum absolute atomic E-state index is 0.325. The smallest absolute Gasteiger partial charge is 0.330 e. The predicted molar refractivity (Wildman–Crippen MR) is 103 cm³/mol. The SMILES string of the molecule is COC(=O)/C=C/c1cnc(N[C@@H]2CCN(Cc3ccccc3OC)C2)cn1. The summed E-state index contributed by atoms with van der Waals surface area (Å²) < 4.78 is 9.99. The van der Waals surface area contributed by atoms with Gasteiger partial charge in [-0.3, -0.25) is 9.88 Å². The summed E-state index contributed by atoms with van der Waals surface area (Å²) in [6, 6.07) is 8.44. The van der Waals surface area contributed by atoms with Crippen molar-refractivity contribution in [2.75, 3.05) is 32.6 Å². The summed E-state index contributed by atoms with van der Waals surface area (Å²) in [6.07, 6.45) is 7.25. The van der Waals surface area contributed by atoms with Crippen molar-refractivity contribution in [3.8, 4) is 5.75 Å². The molecule has 27 heavy (non-hydrogen) atoms. The molecule has 0 aliphatic carbocycles. The number of ether oxygens (including phenoxy) is 2. The van der Waals surface area contributed by atoms with Crippen LogP contribution in [0.3, 0.4) is 0 Å². The number of carbonyl (C=O) groups excluding carboxylic acids is 1. The third-order valence-electron chi connectivity index (χ3n) is 4.47. The topological polar surface area (TPSA) is 76.6 Å². The molecule has 1 aliphatic rings. The normalized spacial score (nSPS) is 17.2. The van der Waals surface area contributed by atoms with Gasteiger partial charge in [0.1, 0.15) is 11.6 Å². The first-order valence-corrected chi connectivity index (χ1v) is 8.87. The van der Waals surface area contributed by atoms with Crippen LogP contribution in [-0.2, 0) is 16.1 Å². The van der Waals surface area contributed by atoms with Gasteiger partial charge in [-0.25, -0.2) is 9.78 Å². The molecule has 7 nitrogen and oxygen atoms in total. The maximum Gasteiger partial charge on any atom is 0.330 e. The molecule has 0 radical (unpaired) electrons. The lowest BCUT2D eigenvalue weighted by atomic mass is 10.2. The first kappa shape index (κ1) is 18.8. The fraction of sp³-hybridized carbons (Fsp3) is 0.350. The Morgan fingerprint density at radius 2 is 2.15 bits per heavy atom. The molecule has 0 spiro atoms. The number of hydrogen-bond donors (Lipinski definition) is 1. The van der Waals surface area contributed by atoms with Crippen molar-refractivity contribution in [2.45, 2.75) is 19.0 Å². The molecule has 1 aromatic heterocycles. The second kappa shape index (κ2) is 9.14. The fourth-order valence-corrected chi connectivity index (χ4v) is 3.10. The van der Waals surface area contributed by atoms with E-state index in [1.807, 2.05) is 18.2 Å². The monoisotopic (exact) mass is 368 g/mol. The largest absolute Gasteiger partial charge is 0.496 e. The standard InChI is InChI=1S/C20H24N4O3/c1-26-18-6-4-3-5-15(18)13-24-10-9-17(14-24)23-19-12-21-16(11-22-19)7-8-20(25)27-2/h3-8,11-12,17H,9-10,13-14H2,1-2H3,(H,22,23)/b8-7+/t17-/m1/s1. The molecule has 0 unspecified atom stereocenters. The number of anilines is 1. The molecule has 1 atom stereocenters. The summed E-state index contributed by atoms with van der Waals surface area (Å²) in [5.41, 5.74) is 1.80. The van der Waals surface area contributed by atoms with Crippen molar-refractivity contribution in [1.29, 1.82) is 0 Å². The van der Waals surface area contributed by atoms with Crippen LogP contribution in [0.15, 0.2) is 42.7 Å². The number of hydrogen-bond acceptors (Lipinski definition) is 7. The first-order chi connectivity index (χ1) is 13.2. The second-order valence-corrected chi connectivity index (χ2v) is 6.36. The molecule has 142 valence electrons. The van der Waals surface area contributed by atoms with Crippen LogP contribution in [0.1, 0.15) is 17.7 Å². The minimum atomic E-state index is -0.417. The molecular formula is C20H24N4O3. The molecule has 1 N–H and O–H groups in total. The van der Waals surface area contributed by atoms with Gasteiger partial charge in [0.25, 0.3) is 0 Å². The highest BCUT2D eigenvalue weighted by molar-refractivity contribution is 5.86. The number of nitrogens with zero attached hydrogens (tertiary/aromatic N) is 3. The van der Waals surface area contributed by atoms with E-state index in [-0.39, 0.29) is 0 Å². The van der Waals surface area contributed by atoms with Crippen molar-refractivity contribution in [1.82, 2.24) is 14.9 Å². The van der Waals surface area contributed by atoms with Crippen molar-refractivity contribution >= 4 is 17.9 Å². The van der Waals surface area contributed by atoms with Gasteiger partial charge in [0.05, 0.1) is 32.3 Å². The highest BCUT2D eigenvalue weighted by Gasteiger charge is 2.23. The summed E-state index contributed by atoms with van der Waals surface area (Å²) in [5.74, 6) is 1.24. The van der Waals surface area contributed by atoms with Gasteiger partial charge in [-0.1, -0.05) is 18.2 Å². The Balaban J connectivity index is 1.52. The third kappa shape index (κ3) is 5.27. The van der Waals surface area contributed by atoms with Crippen LogP contribution < -0.4 is 10.1 Å². The van der Waals surface area contributed by atoms with Crippen LogP contribution >= 0.6 is 0 Å². The van der Waals surface area contributed by atoms with Gasteiger partial charge in [-0.05, 0) is 18.6 Å². The Bertz CT molecular complexity index is 792. The van der Waals surface area contributed by atoms with Gasteiger partial charge in [-0.15, -0.1) is 0 Å². The number of aromatic nitrogens is 2. The molecule has 0 amide bonds. The number of methoxy groups -OCH3 is 2. The van der Waals surface area contributed by atoms with Gasteiger partial charge in [0, 0.05) is 37.3 Å². The number of esters is 1. The molecule has 2 heterocycles. The van der Waals surface area contributed by atoms with Gasteiger partial charge in [-0.2, -0.15) is 0 Å². The zero-order valence-corrected chi connectivity index (χ0v) is 15.6. The van der Waals surface area contributed by atoms with E-state index in [2.05, 4.69) is 31.0 Å². The van der Waals surface area contributed by atoms with E-state index in [4.69, 9.17) is 4.74 Å². The molecule has 0 saturated carbocycles. The lowest BCUT2D eigenvalue weighted by Crippen LogP contribution is -2.26. The Morgan fingerprint density at radius 3 is 2.89 bits per heavy atom. The lowest BCUT2D eigenvalue weighted by Gasteiger charge is -2.18. The number of carbonyl (C=O) groups is 1. The van der Waals surface area contributed by atoms with Gasteiger partial charge >= 0.3 is 5.97 Å². The molecule has 1 aromatic carbocycles. The maximum atomic E-state index is 11.1. The molecule has 1 saturated heterocycles. The van der Waals surface area contributed by atoms with Crippen molar-refractivity contribution in [3.05, 3.63) is 54.0 Å². The summed E-state index contributed by atoms with van der Waals surface area (Å²) >= 11 is 0. The van der Waals surface area contributed by atoms with Crippen LogP contribution in [0.5, 0.6) is 5.75 Å². The highest BCUT2D eigenvalue weighted by atomic mass is 16.5. The van der Waals surface area contributed by atoms with Gasteiger partial charge in [0.2, 0.25) is 0 Å². The maximum absolute atomic E-state index is 11.1. The highest BCUT2D eigenvalue weighted by Crippen LogP contribution is 2.22. The quantitative estimate of drug-likeness (QED) is 0.594. The van der Waals surface area contributed by atoms with E-state index in [9.17, 15) is 4.79 Å². The Labute approximate surface area is 159 Å². The molecule has 7 heteroatoms. The van der Waals surface area contributed by atoms with E-state index in [1.165, 1.54) is 18.7 Å². The van der Waals surface area contributed by atoms with Crippen LogP contribution in [0.25, 0.3) is 6.08 Å². The zero-order valence-electron chi connectivity index (χ0n) is 15.6. The first-order valence-electron chi connectivity index (χ1n) is 8.87. The van der Waals surface area contributed by atoms with Crippen molar-refractivity contribution in [3.63, 3.8) is 0 Å². The van der Waals surface area contributed by atoms with Gasteiger partial charge < -0.3 is 14.8 Å². The minimum Gasteiger partial charge on any atom is -0.496 e. The Hall–Kier alpha value is -2.93. The second-order valence-electron chi connectivity index (χ2n) is 6.36. The average Bonchev–Trinajstić information content (AvgIpc) is 3.14. The van der Waals surface area contributed by atoms with Gasteiger partial charge in [0.15, 0.2) is 0 Å². The lowest BCUT2D eigenvalue weighted by molar-refractivity contribution is -0.134. The van der Waals surface area contributed by atoms with E-state index in [0.29, 0.717) is 11.7 Å². The molecule has 0 bridgehead atoms. The summed E-state index contributed by atoms with van der Waals surface area (Å²) in [7, 11) is 3.04. The number of benzene rings is 1. The van der Waals surface area contributed by atoms with Crippen LogP contribution in [0, 0.1) is 0 Å². The number of para-hydroxylation sites is 1. The predicted octanol–water partition coefficient (Wildman–Crippen LogP) is 2.36. The number of likely N-dealkylation sites (tertiary alicyclic amines) is 1. The fourth-order valence-electron chi connectivity index (χ4n) is 3.10. The van der Waals surface area contributed by atoms with Crippen LogP contribution in [0.2, 0.25) is 0 Å². The molecule has 1 aliphatic heterocycles. The van der Waals surface area contributed by atoms with Crippen LogP contribution in [0.4, 0.5) is 5.82 Å². The average molecular weight is 368 g/mol. The molecular weight excluding hydrogens is 344 g/mol. The zero-order chi connectivity index (χ0) is 19.1. The van der Waals surface area contributed by atoms with Crippen molar-refractivity contribution in [2.24, 2.45) is 0 Å². The Kier molecular flexibility index (Phi) is 6.38. The van der Waals surface area contributed by atoms with E-state index in [1.54, 1.807) is 25.6 Å². The Morgan fingerprint density at radius 1 is 1.30 bits per heavy atom. The summed E-state index contributed by atoms with van der Waals surface area (Å²) in [4.78, 5) is 22.2. The molecule has 2 aromatic rings. The van der Waals surface area contributed by atoms with E-state index >= 15 is 0 Å². The summed E-state index contributed by atoms with van der Waals surface area (Å²) in [6.45, 7) is 2.82. The number of nitrogens with one attached hydrogen (secondary N) is 1. The molecule has 1 fully saturated rings.